The molecule has 1 unspecified atom stereocenters. The molecule has 0 radical (unpaired) electrons. The largest absolute Gasteiger partial charge is 0.487 e. The summed E-state index contributed by atoms with van der Waals surface area (Å²) in [5.41, 5.74) is -1.42. The molecule has 4 amide bonds. The molecule has 1 aliphatic carbocycles. The van der Waals surface area contributed by atoms with E-state index in [9.17, 15) is 27.2 Å². The molecule has 0 spiro atoms. The summed E-state index contributed by atoms with van der Waals surface area (Å²) in [5, 5.41) is 10.3. The second-order valence-electron chi connectivity index (χ2n) is 8.89. The number of pyridine rings is 1. The third kappa shape index (κ3) is 4.74. The lowest BCUT2D eigenvalue weighted by Gasteiger charge is -2.20. The van der Waals surface area contributed by atoms with E-state index in [1.54, 1.807) is 25.1 Å². The van der Waals surface area contributed by atoms with Gasteiger partial charge in [0, 0.05) is 23.9 Å². The lowest BCUT2D eigenvalue weighted by Crippen LogP contribution is -2.41. The Morgan fingerprint density at radius 1 is 1.34 bits per heavy atom. The van der Waals surface area contributed by atoms with Crippen molar-refractivity contribution in [1.82, 2.24) is 15.6 Å². The number of allylic oxidation sites excluding steroid dienone is 3. The van der Waals surface area contributed by atoms with Crippen molar-refractivity contribution in [2.45, 2.75) is 37.7 Å². The molecule has 198 valence electrons. The molecule has 5 rings (SSSR count). The Labute approximate surface area is 213 Å². The summed E-state index contributed by atoms with van der Waals surface area (Å²) in [6, 6.07) is 2.74. The van der Waals surface area contributed by atoms with Gasteiger partial charge in [0.25, 0.3) is 0 Å². The average molecular weight is 531 g/mol. The van der Waals surface area contributed by atoms with Crippen molar-refractivity contribution >= 4 is 23.6 Å². The van der Waals surface area contributed by atoms with Gasteiger partial charge in [-0.3, -0.25) is 5.32 Å². The van der Waals surface area contributed by atoms with Gasteiger partial charge >= 0.3 is 18.2 Å². The highest BCUT2D eigenvalue weighted by molar-refractivity contribution is 5.92. The van der Waals surface area contributed by atoms with Crippen LogP contribution in [0.5, 0.6) is 5.75 Å². The maximum Gasteiger partial charge on any atom is 0.419 e. The minimum Gasteiger partial charge on any atom is -0.487 e. The van der Waals surface area contributed by atoms with Crippen LogP contribution in [0.1, 0.15) is 24.5 Å². The van der Waals surface area contributed by atoms with Crippen molar-refractivity contribution < 1.29 is 36.6 Å². The van der Waals surface area contributed by atoms with Gasteiger partial charge < -0.3 is 25.4 Å². The number of hydrogen-bond donors (Lipinski definition) is 4. The number of amides is 4. The normalized spacial score (nSPS) is 23.0. The molecule has 2 aromatic rings. The van der Waals surface area contributed by atoms with Crippen LogP contribution in [0.4, 0.5) is 38.7 Å². The minimum absolute atomic E-state index is 0.214. The van der Waals surface area contributed by atoms with Crippen LogP contribution in [0.25, 0.3) is 0 Å². The predicted molar refractivity (Wildman–Crippen MR) is 127 cm³/mol. The van der Waals surface area contributed by atoms with Gasteiger partial charge in [-0.25, -0.2) is 19.0 Å². The molecule has 1 aromatic heterocycles. The number of benzene rings is 1. The Morgan fingerprint density at radius 2 is 2.13 bits per heavy atom. The molecule has 2 aliphatic heterocycles. The zero-order valence-corrected chi connectivity index (χ0v) is 19.8. The average Bonchev–Trinajstić information content (AvgIpc) is 3.47. The van der Waals surface area contributed by atoms with Crippen LogP contribution in [0.3, 0.4) is 0 Å². The summed E-state index contributed by atoms with van der Waals surface area (Å²) in [6.07, 6.45) is -0.0501. The molecule has 1 saturated heterocycles. The third-order valence-corrected chi connectivity index (χ3v) is 6.28. The first-order valence-electron chi connectivity index (χ1n) is 11.4. The first-order chi connectivity index (χ1) is 18.0. The monoisotopic (exact) mass is 531 g/mol. The lowest BCUT2D eigenvalue weighted by atomic mass is 10.1. The van der Waals surface area contributed by atoms with E-state index < -0.39 is 29.1 Å². The fourth-order valence-electron chi connectivity index (χ4n) is 4.24. The van der Waals surface area contributed by atoms with Gasteiger partial charge in [-0.15, -0.1) is 0 Å². The summed E-state index contributed by atoms with van der Waals surface area (Å²) in [6.45, 7) is 5.99. The minimum atomic E-state index is -4.90. The summed E-state index contributed by atoms with van der Waals surface area (Å²) >= 11 is 0. The highest BCUT2D eigenvalue weighted by atomic mass is 19.4. The van der Waals surface area contributed by atoms with Gasteiger partial charge in [0.15, 0.2) is 0 Å². The van der Waals surface area contributed by atoms with Crippen molar-refractivity contribution in [3.63, 3.8) is 0 Å². The van der Waals surface area contributed by atoms with E-state index in [0.29, 0.717) is 52.8 Å². The number of anilines is 2. The van der Waals surface area contributed by atoms with Crippen LogP contribution in [0.15, 0.2) is 66.3 Å². The fraction of sp³-hybridized carbons (Fsp3) is 0.240. The Morgan fingerprint density at radius 3 is 2.89 bits per heavy atom. The summed E-state index contributed by atoms with van der Waals surface area (Å²) in [7, 11) is 0. The number of hydrogen-bond acceptors (Lipinski definition) is 5. The Hall–Kier alpha value is -4.55. The van der Waals surface area contributed by atoms with E-state index in [2.05, 4.69) is 32.8 Å². The smallest absolute Gasteiger partial charge is 0.419 e. The zero-order chi connectivity index (χ0) is 27.2. The van der Waals surface area contributed by atoms with Crippen molar-refractivity contribution in [3.8, 4) is 5.75 Å². The number of carbonyl (C=O) groups is 2. The molecule has 9 nitrogen and oxygen atoms in total. The maximum atomic E-state index is 13.5. The second kappa shape index (κ2) is 9.08. The van der Waals surface area contributed by atoms with Crippen LogP contribution in [0.2, 0.25) is 0 Å². The number of carbonyl (C=O) groups excluding carboxylic acids is 2. The molecule has 0 bridgehead atoms. The molecule has 4 N–H and O–H groups in total. The zero-order valence-electron chi connectivity index (χ0n) is 19.8. The summed E-state index contributed by atoms with van der Waals surface area (Å²) in [4.78, 5) is 28.1. The molecule has 3 aliphatic rings. The number of ether oxygens (including phenoxy) is 2. The van der Waals surface area contributed by atoms with Gasteiger partial charge in [0.2, 0.25) is 0 Å². The molecule has 3 heterocycles. The Kier molecular flexibility index (Phi) is 6.00. The Bertz CT molecular complexity index is 1420. The van der Waals surface area contributed by atoms with Crippen LogP contribution >= 0.6 is 0 Å². The van der Waals surface area contributed by atoms with E-state index in [1.807, 2.05) is 0 Å². The number of aromatic nitrogens is 1. The van der Waals surface area contributed by atoms with Crippen molar-refractivity contribution in [1.29, 1.82) is 0 Å². The molecule has 1 saturated carbocycles. The topological polar surface area (TPSA) is 114 Å². The summed E-state index contributed by atoms with van der Waals surface area (Å²) in [5.74, 6) is 0.392. The SMILES string of the molecule is C=C1/C(=C\C=C(/C)Oc2ccnc3c2CNC(=O)N3)O[C@H]2CC12NC(=O)Nc1ccc(F)c(C(F)(F)F)c1. The molecular formula is C25H21F4N5O4. The number of nitrogens with zero attached hydrogens (tertiary/aromatic N) is 1. The van der Waals surface area contributed by atoms with Crippen LogP contribution in [0, 0.1) is 5.82 Å². The number of alkyl halides is 3. The first-order valence-corrected chi connectivity index (χ1v) is 11.4. The predicted octanol–water partition coefficient (Wildman–Crippen LogP) is 4.96. The second-order valence-corrected chi connectivity index (χ2v) is 8.89. The van der Waals surface area contributed by atoms with E-state index in [0.717, 1.165) is 6.07 Å². The number of rotatable bonds is 5. The van der Waals surface area contributed by atoms with E-state index in [-0.39, 0.29) is 24.4 Å². The molecule has 1 aromatic carbocycles. The number of nitrogens with one attached hydrogen (secondary N) is 4. The van der Waals surface area contributed by atoms with Crippen LogP contribution < -0.4 is 26.0 Å². The molecule has 13 heteroatoms. The molecule has 2 atom stereocenters. The third-order valence-electron chi connectivity index (χ3n) is 6.28. The van der Waals surface area contributed by atoms with Gasteiger partial charge in [0.05, 0.1) is 17.7 Å². The van der Waals surface area contributed by atoms with Gasteiger partial charge in [-0.05, 0) is 43.3 Å². The molecular weight excluding hydrogens is 510 g/mol. The van der Waals surface area contributed by atoms with Crippen LogP contribution in [-0.4, -0.2) is 28.7 Å². The van der Waals surface area contributed by atoms with E-state index >= 15 is 0 Å². The van der Waals surface area contributed by atoms with Crippen LogP contribution in [-0.2, 0) is 17.5 Å². The maximum absolute atomic E-state index is 13.5. The van der Waals surface area contributed by atoms with E-state index in [1.165, 1.54) is 6.20 Å². The number of fused-ring (bicyclic) bond motifs is 2. The van der Waals surface area contributed by atoms with Crippen molar-refractivity contribution in [3.05, 3.63) is 83.2 Å². The van der Waals surface area contributed by atoms with Crippen molar-refractivity contribution in [2.75, 3.05) is 10.6 Å². The molecule has 2 fully saturated rings. The molecule has 38 heavy (non-hydrogen) atoms. The van der Waals surface area contributed by atoms with Crippen molar-refractivity contribution in [2.24, 2.45) is 0 Å². The lowest BCUT2D eigenvalue weighted by molar-refractivity contribution is -0.139. The quantitative estimate of drug-likeness (QED) is 0.322. The van der Waals surface area contributed by atoms with Gasteiger partial charge in [0.1, 0.15) is 40.5 Å². The van der Waals surface area contributed by atoms with E-state index in [4.69, 9.17) is 9.47 Å². The standard InChI is InChI=1S/C25H21F4N5O4/c1-12(37-19-7-8-30-21-15(19)11-31-22(35)33-21)3-6-18-13(2)24(10-20(24)38-18)34-23(36)32-14-4-5-17(26)16(9-14)25(27,28)29/h3-9,20H,2,10-11H2,1H3,(H2,32,34,36)(H2,30,31,33,35)/b12-3+,18-6+/t20-,24?/m0/s1. The number of urea groups is 2. The fourth-order valence-corrected chi connectivity index (χ4v) is 4.24. The Balaban J connectivity index is 1.23. The number of halogens is 4. The van der Waals surface area contributed by atoms with Gasteiger partial charge in [-0.1, -0.05) is 6.58 Å². The highest BCUT2D eigenvalue weighted by Gasteiger charge is 2.65. The highest BCUT2D eigenvalue weighted by Crippen LogP contribution is 2.54. The first kappa shape index (κ1) is 25.1. The van der Waals surface area contributed by atoms with Gasteiger partial charge in [-0.2, -0.15) is 13.2 Å². The summed E-state index contributed by atoms with van der Waals surface area (Å²) < 4.78 is 64.1.